The van der Waals surface area contributed by atoms with Crippen molar-refractivity contribution in [1.82, 2.24) is 0 Å². The molecule has 0 atom stereocenters. The minimum absolute atomic E-state index is 0.639. The molecule has 0 radical (unpaired) electrons. The Hall–Kier alpha value is -0.250. The van der Waals surface area contributed by atoms with Gasteiger partial charge in [-0.25, -0.2) is 0 Å². The van der Waals surface area contributed by atoms with E-state index in [1.807, 2.05) is 0 Å². The lowest BCUT2D eigenvalue weighted by Gasteiger charge is -1.69. The van der Waals surface area contributed by atoms with Crippen LogP contribution in [0, 0.1) is 10.1 Å². The molecule has 3 nitrogen and oxygen atoms in total. The predicted molar refractivity (Wildman–Crippen MR) is 34.3 cm³/mol. The Kier molecular flexibility index (Phi) is 13.0. The van der Waals surface area contributed by atoms with Gasteiger partial charge < -0.3 is 10.1 Å². The second-order valence-electron chi connectivity index (χ2n) is 1.30. The summed E-state index contributed by atoms with van der Waals surface area (Å²) >= 11 is 0. The quantitative estimate of drug-likeness (QED) is 0.271. The lowest BCUT2D eigenvalue weighted by molar-refractivity contribution is 1.59. The SMILES string of the molecule is C[S+](C)C.O=N[O-]. The summed E-state index contributed by atoms with van der Waals surface area (Å²) < 4.78 is 0. The van der Waals surface area contributed by atoms with Gasteiger partial charge >= 0.3 is 0 Å². The average Bonchev–Trinajstić information content (AvgIpc) is 1.33. The lowest BCUT2D eigenvalue weighted by atomic mass is 11.9. The number of nitrogens with zero attached hydrogens (tertiary/aromatic N) is 1. The summed E-state index contributed by atoms with van der Waals surface area (Å²) in [7, 11) is 0.639. The number of hydrogen-bond acceptors (Lipinski definition) is 3. The van der Waals surface area contributed by atoms with E-state index < -0.39 is 0 Å². The van der Waals surface area contributed by atoms with Gasteiger partial charge in [0.1, 0.15) is 0 Å². The Bertz CT molecular complexity index is 37.2. The Morgan fingerprint density at radius 2 is 1.43 bits per heavy atom. The Labute approximate surface area is 46.0 Å². The van der Waals surface area contributed by atoms with E-state index in [-0.39, 0.29) is 0 Å². The summed E-state index contributed by atoms with van der Waals surface area (Å²) in [5.41, 5.74) is 0. The monoisotopic (exact) mass is 123 g/mol. The summed E-state index contributed by atoms with van der Waals surface area (Å²) in [4.78, 5) is 8.00. The van der Waals surface area contributed by atoms with Crippen LogP contribution >= 0.6 is 0 Å². The highest BCUT2D eigenvalue weighted by atomic mass is 32.2. The average molecular weight is 123 g/mol. The van der Waals surface area contributed by atoms with Gasteiger partial charge in [0.15, 0.2) is 0 Å². The van der Waals surface area contributed by atoms with Gasteiger partial charge in [0.25, 0.3) is 0 Å². The maximum atomic E-state index is 8.00. The maximum absolute atomic E-state index is 8.00. The van der Waals surface area contributed by atoms with Crippen LogP contribution in [0.15, 0.2) is 5.34 Å². The predicted octanol–water partition coefficient (Wildman–Crippen LogP) is 0.745. The molecule has 0 aromatic carbocycles. The van der Waals surface area contributed by atoms with Gasteiger partial charge in [-0.2, -0.15) is 0 Å². The molecule has 0 aliphatic heterocycles. The van der Waals surface area contributed by atoms with E-state index in [0.29, 0.717) is 10.9 Å². The van der Waals surface area contributed by atoms with Crippen LogP contribution in [-0.2, 0) is 10.9 Å². The molecular formula is C3H9NO2S. The molecule has 0 saturated heterocycles. The molecule has 4 heteroatoms. The molecule has 0 fully saturated rings. The van der Waals surface area contributed by atoms with Crippen molar-refractivity contribution in [2.75, 3.05) is 18.8 Å². The summed E-state index contributed by atoms with van der Waals surface area (Å²) in [5, 5.41) is 9.00. The smallest absolute Gasteiger partial charge is 0.0969 e. The molecule has 0 heterocycles. The molecule has 0 unspecified atom stereocenters. The standard InChI is InChI=1S/C3H9S.HNO2/c1-4(2)3;2-1-3/h1-3H3;(H,2,3)/q+1;/p-1. The highest BCUT2D eigenvalue weighted by Gasteiger charge is 1.77. The van der Waals surface area contributed by atoms with Crippen LogP contribution in [0.25, 0.3) is 0 Å². The molecular weight excluding hydrogens is 114 g/mol. The van der Waals surface area contributed by atoms with Crippen LogP contribution in [0.2, 0.25) is 0 Å². The third-order valence-electron chi connectivity index (χ3n) is 0. The normalized spacial score (nSPS) is 6.86. The largest absolute Gasteiger partial charge is 0.444 e. The van der Waals surface area contributed by atoms with Crippen molar-refractivity contribution in [2.45, 2.75) is 0 Å². The van der Waals surface area contributed by atoms with Gasteiger partial charge in [0, 0.05) is 0 Å². The van der Waals surface area contributed by atoms with E-state index >= 15 is 0 Å². The van der Waals surface area contributed by atoms with Crippen molar-refractivity contribution < 1.29 is 0 Å². The first-order valence-electron chi connectivity index (χ1n) is 1.59. The fraction of sp³-hybridized carbons (Fsp3) is 1.00. The summed E-state index contributed by atoms with van der Waals surface area (Å²) in [6.07, 6.45) is 6.58. The van der Waals surface area contributed by atoms with Crippen LogP contribution < -0.4 is 0 Å². The van der Waals surface area contributed by atoms with Gasteiger partial charge in [-0.1, -0.05) is 0 Å². The van der Waals surface area contributed by atoms with Crippen LogP contribution in [0.5, 0.6) is 0 Å². The number of hydrogen-bond donors (Lipinski definition) is 0. The van der Waals surface area contributed by atoms with Gasteiger partial charge in [-0.3, -0.25) is 0 Å². The van der Waals surface area contributed by atoms with E-state index in [0.717, 1.165) is 5.34 Å². The summed E-state index contributed by atoms with van der Waals surface area (Å²) in [6.45, 7) is 0. The second kappa shape index (κ2) is 9.23. The highest BCUT2D eigenvalue weighted by Crippen LogP contribution is 1.63. The zero-order valence-electron chi connectivity index (χ0n) is 4.67. The molecule has 0 aliphatic carbocycles. The van der Waals surface area contributed by atoms with Crippen LogP contribution in [0.4, 0.5) is 0 Å². The van der Waals surface area contributed by atoms with Crippen molar-refractivity contribution in [3.63, 3.8) is 0 Å². The van der Waals surface area contributed by atoms with Crippen LogP contribution in [0.1, 0.15) is 0 Å². The van der Waals surface area contributed by atoms with Crippen molar-refractivity contribution in [2.24, 2.45) is 5.34 Å². The lowest BCUT2D eigenvalue weighted by Crippen LogP contribution is -1.84. The van der Waals surface area contributed by atoms with E-state index in [1.54, 1.807) is 0 Å². The van der Waals surface area contributed by atoms with E-state index in [4.69, 9.17) is 10.1 Å². The Balaban J connectivity index is 0. The topological polar surface area (TPSA) is 52.5 Å². The molecule has 7 heavy (non-hydrogen) atoms. The Morgan fingerprint density at radius 1 is 1.43 bits per heavy atom. The second-order valence-corrected chi connectivity index (χ2v) is 3.75. The van der Waals surface area contributed by atoms with Gasteiger partial charge in [0.2, 0.25) is 0 Å². The molecule has 0 spiro atoms. The molecule has 0 amide bonds. The van der Waals surface area contributed by atoms with Crippen molar-refractivity contribution in [3.8, 4) is 0 Å². The van der Waals surface area contributed by atoms with E-state index in [9.17, 15) is 0 Å². The molecule has 0 saturated carbocycles. The molecule has 0 bridgehead atoms. The van der Waals surface area contributed by atoms with Gasteiger partial charge in [-0.15, -0.1) is 5.34 Å². The fourth-order valence-corrected chi connectivity index (χ4v) is 0. The third-order valence-corrected chi connectivity index (χ3v) is 0. The minimum atomic E-state index is 0.639. The summed E-state index contributed by atoms with van der Waals surface area (Å²) in [5.74, 6) is 0. The first-order chi connectivity index (χ1) is 3.15. The van der Waals surface area contributed by atoms with Gasteiger partial charge in [0.05, 0.1) is 18.8 Å². The van der Waals surface area contributed by atoms with Crippen molar-refractivity contribution in [1.29, 1.82) is 0 Å². The molecule has 0 rings (SSSR count). The molecule has 0 N–H and O–H groups in total. The van der Waals surface area contributed by atoms with E-state index in [2.05, 4.69) is 18.8 Å². The first kappa shape index (κ1) is 9.89. The molecule has 44 valence electrons. The molecule has 0 aromatic heterocycles. The zero-order valence-corrected chi connectivity index (χ0v) is 5.49. The van der Waals surface area contributed by atoms with Gasteiger partial charge in [-0.05, 0) is 10.9 Å². The van der Waals surface area contributed by atoms with E-state index in [1.165, 1.54) is 0 Å². The van der Waals surface area contributed by atoms with Crippen LogP contribution in [-0.4, -0.2) is 18.8 Å². The molecule has 0 aromatic rings. The first-order valence-corrected chi connectivity index (χ1v) is 4.04. The maximum Gasteiger partial charge on any atom is 0.0969 e. The minimum Gasteiger partial charge on any atom is -0.444 e. The number of rotatable bonds is 0. The fourth-order valence-electron chi connectivity index (χ4n) is 0. The summed E-state index contributed by atoms with van der Waals surface area (Å²) in [6, 6.07) is 0. The third kappa shape index (κ3) is 1290. The van der Waals surface area contributed by atoms with Crippen molar-refractivity contribution >= 4 is 10.9 Å². The zero-order chi connectivity index (χ0) is 6.28. The van der Waals surface area contributed by atoms with Crippen LogP contribution in [0.3, 0.4) is 0 Å². The Morgan fingerprint density at radius 3 is 1.43 bits per heavy atom. The molecule has 0 aliphatic rings. The highest BCUT2D eigenvalue weighted by molar-refractivity contribution is 7.94. The van der Waals surface area contributed by atoms with Crippen molar-refractivity contribution in [3.05, 3.63) is 10.1 Å².